The van der Waals surface area contributed by atoms with Crippen LogP contribution >= 0.6 is 7.29 Å². The summed E-state index contributed by atoms with van der Waals surface area (Å²) < 4.78 is 23.6. The number of ether oxygens (including phenoxy) is 1. The van der Waals surface area contributed by atoms with E-state index >= 15 is 0 Å². The predicted octanol–water partition coefficient (Wildman–Crippen LogP) is 4.04. The Kier molecular flexibility index (Phi) is 4.93. The highest BCUT2D eigenvalue weighted by molar-refractivity contribution is 7.77. The first-order chi connectivity index (χ1) is 11.7. The molecule has 3 aromatic carbocycles. The van der Waals surface area contributed by atoms with Crippen molar-refractivity contribution in [2.75, 3.05) is 7.11 Å². The summed E-state index contributed by atoms with van der Waals surface area (Å²) in [4.78, 5) is 0. The molecule has 0 aliphatic carbocycles. The molecule has 0 aliphatic rings. The van der Waals surface area contributed by atoms with Crippen LogP contribution in [0.1, 0.15) is 5.56 Å². The van der Waals surface area contributed by atoms with E-state index in [4.69, 9.17) is 4.74 Å². The normalized spacial score (nSPS) is 11.5. The molecule has 0 fully saturated rings. The lowest BCUT2D eigenvalue weighted by molar-refractivity contribution is 0.414. The van der Waals surface area contributed by atoms with Gasteiger partial charge in [0.2, 0.25) is 7.29 Å². The highest BCUT2D eigenvalue weighted by Crippen LogP contribution is 2.44. The highest BCUT2D eigenvalue weighted by Gasteiger charge is 2.25. The van der Waals surface area contributed by atoms with E-state index in [9.17, 15) is 4.57 Å². The van der Waals surface area contributed by atoms with Crippen molar-refractivity contribution >= 4 is 24.1 Å². The number of benzene rings is 3. The Labute approximate surface area is 142 Å². The summed E-state index contributed by atoms with van der Waals surface area (Å²) in [5.41, 5.74) is 0.798. The maximum Gasteiger partial charge on any atom is 0.247 e. The van der Waals surface area contributed by atoms with E-state index in [1.165, 1.54) is 0 Å². The van der Waals surface area contributed by atoms with Crippen LogP contribution < -0.4 is 15.3 Å². The summed E-state index contributed by atoms with van der Waals surface area (Å²) in [5.74, 6) is 0.703. The molecule has 0 amide bonds. The van der Waals surface area contributed by atoms with Gasteiger partial charge in [-0.05, 0) is 36.4 Å². The van der Waals surface area contributed by atoms with Gasteiger partial charge in [0.05, 0.1) is 7.11 Å². The molecule has 3 aromatic rings. The molecule has 0 aromatic heterocycles. The van der Waals surface area contributed by atoms with E-state index < -0.39 is 7.29 Å². The van der Waals surface area contributed by atoms with Crippen molar-refractivity contribution in [3.05, 3.63) is 90.5 Å². The molecule has 0 saturated heterocycles. The van der Waals surface area contributed by atoms with Gasteiger partial charge in [0, 0.05) is 22.4 Å². The molecule has 0 heterocycles. The van der Waals surface area contributed by atoms with Crippen LogP contribution in [0.15, 0.2) is 89.7 Å². The maximum absolute atomic E-state index is 13.8. The van der Waals surface area contributed by atoms with Crippen LogP contribution in [-0.2, 0) is 4.57 Å². The Bertz CT molecular complexity index is 833. The molecule has 0 radical (unpaired) electrons. The molecular weight excluding hydrogens is 317 g/mol. The van der Waals surface area contributed by atoms with E-state index in [0.717, 1.165) is 5.56 Å². The van der Waals surface area contributed by atoms with Gasteiger partial charge in [-0.1, -0.05) is 48.5 Å². The van der Waals surface area contributed by atoms with Crippen molar-refractivity contribution in [3.63, 3.8) is 0 Å². The maximum atomic E-state index is 13.8. The zero-order valence-electron chi connectivity index (χ0n) is 13.4. The SMILES string of the molecule is COc1ccccc1C=NP(=O)(c1ccccc1)c1ccccc1. The highest BCUT2D eigenvalue weighted by atomic mass is 31.2. The van der Waals surface area contributed by atoms with Crippen LogP contribution in [0.3, 0.4) is 0 Å². The summed E-state index contributed by atoms with van der Waals surface area (Å²) in [5, 5.41) is 1.42. The minimum absolute atomic E-state index is 0.703. The fourth-order valence-corrected chi connectivity index (χ4v) is 4.46. The molecule has 0 bridgehead atoms. The third kappa shape index (κ3) is 3.32. The van der Waals surface area contributed by atoms with E-state index in [2.05, 4.69) is 4.76 Å². The van der Waals surface area contributed by atoms with Crippen LogP contribution in [0.2, 0.25) is 0 Å². The first-order valence-electron chi connectivity index (χ1n) is 7.64. The standard InChI is InChI=1S/C20H18NO2P/c1-23-20-15-9-8-10-17(20)16-21-24(22,18-11-4-2-5-12-18)19-13-6-3-7-14-19/h2-16H,1H3. The molecule has 0 atom stereocenters. The predicted molar refractivity (Wildman–Crippen MR) is 100 cm³/mol. The molecule has 0 saturated carbocycles. The number of para-hydroxylation sites is 1. The molecule has 120 valence electrons. The van der Waals surface area contributed by atoms with Crippen molar-refractivity contribution < 1.29 is 9.30 Å². The smallest absolute Gasteiger partial charge is 0.247 e. The monoisotopic (exact) mass is 335 g/mol. The second kappa shape index (κ2) is 7.29. The third-order valence-corrected chi connectivity index (χ3v) is 6.15. The Morgan fingerprint density at radius 3 is 1.83 bits per heavy atom. The van der Waals surface area contributed by atoms with Crippen molar-refractivity contribution in [3.8, 4) is 5.75 Å². The second-order valence-corrected chi connectivity index (χ2v) is 7.65. The first-order valence-corrected chi connectivity index (χ1v) is 9.30. The van der Waals surface area contributed by atoms with Gasteiger partial charge in [0.25, 0.3) is 0 Å². The van der Waals surface area contributed by atoms with Gasteiger partial charge in [0.1, 0.15) is 5.75 Å². The van der Waals surface area contributed by atoms with Gasteiger partial charge < -0.3 is 4.74 Å². The zero-order chi connectivity index (χ0) is 16.8. The van der Waals surface area contributed by atoms with Gasteiger partial charge in [-0.25, -0.2) is 4.76 Å². The minimum Gasteiger partial charge on any atom is -0.496 e. The Hall–Kier alpha value is -2.64. The number of hydrogen-bond acceptors (Lipinski definition) is 2. The lowest BCUT2D eigenvalue weighted by Gasteiger charge is -2.14. The van der Waals surface area contributed by atoms with Gasteiger partial charge in [0.15, 0.2) is 0 Å². The van der Waals surface area contributed by atoms with Gasteiger partial charge >= 0.3 is 0 Å². The van der Waals surface area contributed by atoms with E-state index in [0.29, 0.717) is 16.4 Å². The van der Waals surface area contributed by atoms with Crippen LogP contribution in [0.4, 0.5) is 0 Å². The molecule has 0 aliphatic heterocycles. The Morgan fingerprint density at radius 2 is 1.29 bits per heavy atom. The average molecular weight is 335 g/mol. The molecule has 4 heteroatoms. The number of hydrogen-bond donors (Lipinski definition) is 0. The summed E-state index contributed by atoms with van der Waals surface area (Å²) in [7, 11) is -1.49. The van der Waals surface area contributed by atoms with Crippen LogP contribution in [0.5, 0.6) is 5.75 Å². The molecule has 3 nitrogen and oxygen atoms in total. The quantitative estimate of drug-likeness (QED) is 0.521. The molecule has 0 unspecified atom stereocenters. The van der Waals surface area contributed by atoms with Gasteiger partial charge in [-0.2, -0.15) is 0 Å². The van der Waals surface area contributed by atoms with Gasteiger partial charge in [-0.3, -0.25) is 4.57 Å². The van der Waals surface area contributed by atoms with Crippen molar-refractivity contribution in [1.29, 1.82) is 0 Å². The molecular formula is C20H18NO2P. The minimum atomic E-state index is -3.11. The topological polar surface area (TPSA) is 38.7 Å². The van der Waals surface area contributed by atoms with Crippen molar-refractivity contribution in [2.24, 2.45) is 4.76 Å². The number of rotatable bonds is 5. The zero-order valence-corrected chi connectivity index (χ0v) is 14.3. The molecule has 24 heavy (non-hydrogen) atoms. The van der Waals surface area contributed by atoms with Crippen molar-refractivity contribution in [2.45, 2.75) is 0 Å². The van der Waals surface area contributed by atoms with Crippen LogP contribution in [0, 0.1) is 0 Å². The molecule has 3 rings (SSSR count). The van der Waals surface area contributed by atoms with E-state index in [1.54, 1.807) is 13.3 Å². The summed E-state index contributed by atoms with van der Waals surface area (Å²) in [6, 6.07) is 26.3. The number of nitrogens with zero attached hydrogens (tertiary/aromatic N) is 1. The lowest BCUT2D eigenvalue weighted by atomic mass is 10.2. The molecule has 0 N–H and O–H groups in total. The summed E-state index contributed by atoms with van der Waals surface area (Å²) in [6.07, 6.45) is 1.64. The lowest BCUT2D eigenvalue weighted by Crippen LogP contribution is -2.14. The molecule has 0 spiro atoms. The largest absolute Gasteiger partial charge is 0.496 e. The van der Waals surface area contributed by atoms with Crippen LogP contribution in [0.25, 0.3) is 0 Å². The summed E-state index contributed by atoms with van der Waals surface area (Å²) in [6.45, 7) is 0. The van der Waals surface area contributed by atoms with Crippen LogP contribution in [-0.4, -0.2) is 13.3 Å². The van der Waals surface area contributed by atoms with E-state index in [1.807, 2.05) is 84.9 Å². The van der Waals surface area contributed by atoms with Crippen molar-refractivity contribution in [1.82, 2.24) is 0 Å². The fourth-order valence-electron chi connectivity index (χ4n) is 2.46. The average Bonchev–Trinajstić information content (AvgIpc) is 2.67. The Morgan fingerprint density at radius 1 is 0.792 bits per heavy atom. The number of methoxy groups -OCH3 is 1. The first kappa shape index (κ1) is 16.2. The summed E-state index contributed by atoms with van der Waals surface area (Å²) >= 11 is 0. The van der Waals surface area contributed by atoms with Gasteiger partial charge in [-0.15, -0.1) is 0 Å². The Balaban J connectivity index is 2.10. The van der Waals surface area contributed by atoms with E-state index in [-0.39, 0.29) is 0 Å². The fraction of sp³-hybridized carbons (Fsp3) is 0.0500. The second-order valence-electron chi connectivity index (χ2n) is 5.23. The third-order valence-electron chi connectivity index (χ3n) is 3.71.